The molecule has 2 heterocycles. The summed E-state index contributed by atoms with van der Waals surface area (Å²) < 4.78 is 11.0. The fourth-order valence-electron chi connectivity index (χ4n) is 2.66. The maximum atomic E-state index is 12.6. The highest BCUT2D eigenvalue weighted by molar-refractivity contribution is 6.00. The lowest BCUT2D eigenvalue weighted by Gasteiger charge is -2.25. The molecule has 20 heavy (non-hydrogen) atoms. The van der Waals surface area contributed by atoms with Crippen molar-refractivity contribution in [3.63, 3.8) is 0 Å². The van der Waals surface area contributed by atoms with Crippen molar-refractivity contribution >= 4 is 11.9 Å². The first-order valence-electron chi connectivity index (χ1n) is 6.61. The zero-order chi connectivity index (χ0) is 14.1. The highest BCUT2D eigenvalue weighted by Gasteiger charge is 2.36. The van der Waals surface area contributed by atoms with Gasteiger partial charge in [0.2, 0.25) is 0 Å². The third kappa shape index (κ3) is 2.07. The molecule has 0 bridgehead atoms. The van der Waals surface area contributed by atoms with Crippen LogP contribution in [0.3, 0.4) is 0 Å². The van der Waals surface area contributed by atoms with Gasteiger partial charge < -0.3 is 19.5 Å². The second-order valence-electron chi connectivity index (χ2n) is 4.82. The molecule has 1 aromatic rings. The average molecular weight is 277 g/mol. The standard InChI is InChI=1S/C14H15NO5/c16-13(15-6-2-4-10(15)14(17)18)9-3-1-5-11-12(9)20-8-7-19-11/h1,3,5,10H,2,4,6-8H2,(H,17,18). The number of benzene rings is 1. The summed E-state index contributed by atoms with van der Waals surface area (Å²) in [6.45, 7) is 1.30. The smallest absolute Gasteiger partial charge is 0.326 e. The van der Waals surface area contributed by atoms with Crippen LogP contribution in [-0.2, 0) is 4.79 Å². The second-order valence-corrected chi connectivity index (χ2v) is 4.82. The Bertz CT molecular complexity index is 556. The molecule has 3 rings (SSSR count). The Morgan fingerprint density at radius 1 is 1.25 bits per heavy atom. The number of carbonyl (C=O) groups is 2. The van der Waals surface area contributed by atoms with Crippen molar-refractivity contribution in [3.05, 3.63) is 23.8 Å². The summed E-state index contributed by atoms with van der Waals surface area (Å²) in [4.78, 5) is 25.1. The van der Waals surface area contributed by atoms with Crippen LogP contribution in [0.2, 0.25) is 0 Å². The lowest BCUT2D eigenvalue weighted by Crippen LogP contribution is -2.40. The number of aliphatic carboxylic acids is 1. The summed E-state index contributed by atoms with van der Waals surface area (Å²) in [6, 6.07) is 4.35. The number of nitrogens with zero attached hydrogens (tertiary/aromatic N) is 1. The van der Waals surface area contributed by atoms with Gasteiger partial charge in [-0.15, -0.1) is 0 Å². The van der Waals surface area contributed by atoms with Gasteiger partial charge in [0.1, 0.15) is 19.3 Å². The van der Waals surface area contributed by atoms with E-state index in [1.54, 1.807) is 18.2 Å². The molecule has 1 atom stereocenters. The third-order valence-corrected chi connectivity index (χ3v) is 3.60. The summed E-state index contributed by atoms with van der Waals surface area (Å²) in [5.41, 5.74) is 0.371. The molecule has 106 valence electrons. The number of hydrogen-bond donors (Lipinski definition) is 1. The van der Waals surface area contributed by atoms with Gasteiger partial charge in [0.15, 0.2) is 11.5 Å². The first-order chi connectivity index (χ1) is 9.68. The Labute approximate surface area is 115 Å². The van der Waals surface area contributed by atoms with Crippen LogP contribution in [0, 0.1) is 0 Å². The Balaban J connectivity index is 1.93. The van der Waals surface area contributed by atoms with Crippen LogP contribution in [0.15, 0.2) is 18.2 Å². The number of carboxylic acid groups (broad SMARTS) is 1. The minimum Gasteiger partial charge on any atom is -0.486 e. The van der Waals surface area contributed by atoms with Crippen LogP contribution in [-0.4, -0.2) is 47.7 Å². The maximum Gasteiger partial charge on any atom is 0.326 e. The molecule has 1 fully saturated rings. The van der Waals surface area contributed by atoms with Crippen molar-refractivity contribution in [1.29, 1.82) is 0 Å². The van der Waals surface area contributed by atoms with Gasteiger partial charge in [0.05, 0.1) is 5.56 Å². The van der Waals surface area contributed by atoms with Gasteiger partial charge in [0.25, 0.3) is 5.91 Å². The number of carboxylic acids is 1. The fourth-order valence-corrected chi connectivity index (χ4v) is 2.66. The van der Waals surface area contributed by atoms with Crippen LogP contribution < -0.4 is 9.47 Å². The van der Waals surface area contributed by atoms with E-state index < -0.39 is 12.0 Å². The molecular formula is C14H15NO5. The monoisotopic (exact) mass is 277 g/mol. The minimum absolute atomic E-state index is 0.308. The second kappa shape index (κ2) is 5.03. The normalized spacial score (nSPS) is 20.8. The molecule has 1 amide bonds. The summed E-state index contributed by atoms with van der Waals surface area (Å²) in [6.07, 6.45) is 1.20. The van der Waals surface area contributed by atoms with E-state index in [0.29, 0.717) is 49.7 Å². The van der Waals surface area contributed by atoms with E-state index in [1.165, 1.54) is 4.90 Å². The van der Waals surface area contributed by atoms with E-state index in [9.17, 15) is 9.59 Å². The SMILES string of the molecule is O=C(O)C1CCCN1C(=O)c1cccc2c1OCCO2. The molecule has 0 radical (unpaired) electrons. The zero-order valence-corrected chi connectivity index (χ0v) is 10.9. The van der Waals surface area contributed by atoms with E-state index in [-0.39, 0.29) is 5.91 Å². The predicted molar refractivity (Wildman–Crippen MR) is 69.1 cm³/mol. The van der Waals surface area contributed by atoms with Crippen LogP contribution >= 0.6 is 0 Å². The van der Waals surface area contributed by atoms with Gasteiger partial charge in [-0.2, -0.15) is 0 Å². The van der Waals surface area contributed by atoms with Gasteiger partial charge in [-0.25, -0.2) is 4.79 Å². The van der Waals surface area contributed by atoms with E-state index in [1.807, 2.05) is 0 Å². The molecule has 2 aliphatic heterocycles. The first-order valence-corrected chi connectivity index (χ1v) is 6.61. The molecule has 0 aromatic heterocycles. The molecule has 1 N–H and O–H groups in total. The quantitative estimate of drug-likeness (QED) is 0.877. The highest BCUT2D eigenvalue weighted by Crippen LogP contribution is 2.35. The molecule has 1 unspecified atom stereocenters. The minimum atomic E-state index is -0.960. The van der Waals surface area contributed by atoms with Gasteiger partial charge in [-0.05, 0) is 25.0 Å². The van der Waals surface area contributed by atoms with Gasteiger partial charge in [-0.3, -0.25) is 4.79 Å². The molecule has 2 aliphatic rings. The number of hydrogen-bond acceptors (Lipinski definition) is 4. The summed E-state index contributed by atoms with van der Waals surface area (Å²) >= 11 is 0. The van der Waals surface area contributed by atoms with Crippen molar-refractivity contribution in [3.8, 4) is 11.5 Å². The Morgan fingerprint density at radius 2 is 2.05 bits per heavy atom. The number of likely N-dealkylation sites (tertiary alicyclic amines) is 1. The Kier molecular flexibility index (Phi) is 3.22. The van der Waals surface area contributed by atoms with Crippen molar-refractivity contribution in [2.45, 2.75) is 18.9 Å². The number of carbonyl (C=O) groups excluding carboxylic acids is 1. The number of rotatable bonds is 2. The third-order valence-electron chi connectivity index (χ3n) is 3.60. The zero-order valence-electron chi connectivity index (χ0n) is 10.9. The predicted octanol–water partition coefficient (Wildman–Crippen LogP) is 1.15. The summed E-state index contributed by atoms with van der Waals surface area (Å²) in [5.74, 6) is -0.317. The largest absolute Gasteiger partial charge is 0.486 e. The Morgan fingerprint density at radius 3 is 2.85 bits per heavy atom. The molecule has 6 heteroatoms. The van der Waals surface area contributed by atoms with Crippen molar-refractivity contribution in [2.24, 2.45) is 0 Å². The van der Waals surface area contributed by atoms with E-state index in [2.05, 4.69) is 0 Å². The molecule has 0 saturated carbocycles. The summed E-state index contributed by atoms with van der Waals surface area (Å²) in [7, 11) is 0. The maximum absolute atomic E-state index is 12.6. The molecule has 1 aromatic carbocycles. The lowest BCUT2D eigenvalue weighted by molar-refractivity contribution is -0.141. The summed E-state index contributed by atoms with van der Waals surface area (Å²) in [5, 5.41) is 9.17. The Hall–Kier alpha value is -2.24. The van der Waals surface area contributed by atoms with E-state index >= 15 is 0 Å². The number of amides is 1. The van der Waals surface area contributed by atoms with Crippen LogP contribution in [0.1, 0.15) is 23.2 Å². The average Bonchev–Trinajstić information content (AvgIpc) is 2.95. The number of fused-ring (bicyclic) bond motifs is 1. The number of para-hydroxylation sites is 1. The van der Waals surface area contributed by atoms with Crippen molar-refractivity contribution < 1.29 is 24.2 Å². The lowest BCUT2D eigenvalue weighted by atomic mass is 10.1. The molecule has 6 nitrogen and oxygen atoms in total. The van der Waals surface area contributed by atoms with E-state index in [0.717, 1.165) is 0 Å². The molecule has 1 saturated heterocycles. The molecular weight excluding hydrogens is 262 g/mol. The van der Waals surface area contributed by atoms with Crippen molar-refractivity contribution in [2.75, 3.05) is 19.8 Å². The highest BCUT2D eigenvalue weighted by atomic mass is 16.6. The van der Waals surface area contributed by atoms with E-state index in [4.69, 9.17) is 14.6 Å². The fraction of sp³-hybridized carbons (Fsp3) is 0.429. The van der Waals surface area contributed by atoms with Crippen LogP contribution in [0.25, 0.3) is 0 Å². The topological polar surface area (TPSA) is 76.1 Å². The first kappa shape index (κ1) is 12.8. The molecule has 0 spiro atoms. The van der Waals surface area contributed by atoms with Gasteiger partial charge >= 0.3 is 5.97 Å². The van der Waals surface area contributed by atoms with Crippen LogP contribution in [0.5, 0.6) is 11.5 Å². The number of ether oxygens (including phenoxy) is 2. The van der Waals surface area contributed by atoms with Gasteiger partial charge in [0, 0.05) is 6.54 Å². The van der Waals surface area contributed by atoms with Gasteiger partial charge in [-0.1, -0.05) is 6.07 Å². The molecule has 0 aliphatic carbocycles. The van der Waals surface area contributed by atoms with Crippen molar-refractivity contribution in [1.82, 2.24) is 4.90 Å². The van der Waals surface area contributed by atoms with Crippen LogP contribution in [0.4, 0.5) is 0 Å².